The first-order valence-electron chi connectivity index (χ1n) is 4.83. The molecule has 0 saturated carbocycles. The maximum Gasteiger partial charge on any atom is 0.475 e. The molecule has 0 aromatic carbocycles. The van der Waals surface area contributed by atoms with Crippen molar-refractivity contribution in [2.45, 2.75) is 13.0 Å². The second-order valence-corrected chi connectivity index (χ2v) is 7.19. The molecule has 2 rings (SSSR count). The normalized spacial score (nSPS) is 43.3. The summed E-state index contributed by atoms with van der Waals surface area (Å²) >= 11 is 0. The quantitative estimate of drug-likeness (QED) is 0.535. The second kappa shape index (κ2) is 4.36. The van der Waals surface area contributed by atoms with Gasteiger partial charge in [0.15, 0.2) is 0 Å². The molecule has 0 aliphatic carbocycles. The highest BCUT2D eigenvalue weighted by molar-refractivity contribution is 7.87. The summed E-state index contributed by atoms with van der Waals surface area (Å²) in [5, 5.41) is 0. The summed E-state index contributed by atoms with van der Waals surface area (Å²) in [5.74, 6) is -0.173. The molecule has 7 nitrogen and oxygen atoms in total. The lowest BCUT2D eigenvalue weighted by molar-refractivity contribution is 0.0252. The van der Waals surface area contributed by atoms with Crippen molar-refractivity contribution in [1.82, 2.24) is 0 Å². The van der Waals surface area contributed by atoms with Crippen molar-refractivity contribution in [2.75, 3.05) is 25.6 Å². The molecule has 0 radical (unpaired) electrons. The smallest absolute Gasteiger partial charge is 0.286 e. The molecule has 2 heterocycles. The molecule has 2 saturated heterocycles. The first-order valence-corrected chi connectivity index (χ1v) is 7.87. The predicted molar refractivity (Wildman–Crippen MR) is 53.3 cm³/mol. The van der Waals surface area contributed by atoms with Crippen LogP contribution in [-0.4, -0.2) is 40.1 Å². The van der Waals surface area contributed by atoms with E-state index in [9.17, 15) is 13.0 Å². The van der Waals surface area contributed by atoms with Gasteiger partial charge in [0.05, 0.1) is 19.8 Å². The Morgan fingerprint density at radius 2 is 1.88 bits per heavy atom. The monoisotopic (exact) mass is 272 g/mol. The van der Waals surface area contributed by atoms with Gasteiger partial charge in [-0.2, -0.15) is 8.42 Å². The minimum Gasteiger partial charge on any atom is -0.286 e. The molecule has 1 unspecified atom stereocenters. The van der Waals surface area contributed by atoms with Gasteiger partial charge >= 0.3 is 7.82 Å². The van der Waals surface area contributed by atoms with Crippen molar-refractivity contribution < 1.29 is 30.7 Å². The Morgan fingerprint density at radius 1 is 1.25 bits per heavy atom. The minimum atomic E-state index is -3.60. The van der Waals surface area contributed by atoms with Crippen LogP contribution in [0.25, 0.3) is 0 Å². The lowest BCUT2D eigenvalue weighted by atomic mass is 10.2. The van der Waals surface area contributed by atoms with E-state index in [2.05, 4.69) is 4.18 Å². The first-order chi connectivity index (χ1) is 7.39. The summed E-state index contributed by atoms with van der Waals surface area (Å²) < 4.78 is 53.2. The van der Waals surface area contributed by atoms with Gasteiger partial charge < -0.3 is 0 Å². The molecular formula is C7H13O7PS. The van der Waals surface area contributed by atoms with Crippen LogP contribution < -0.4 is 0 Å². The molecular weight excluding hydrogens is 259 g/mol. The molecule has 1 atom stereocenters. The van der Waals surface area contributed by atoms with E-state index in [1.807, 2.05) is 6.92 Å². The molecule has 0 spiro atoms. The molecule has 2 aliphatic heterocycles. The van der Waals surface area contributed by atoms with Gasteiger partial charge in [0.25, 0.3) is 10.1 Å². The van der Waals surface area contributed by atoms with Crippen molar-refractivity contribution in [1.29, 1.82) is 0 Å². The Labute approximate surface area is 93.8 Å². The van der Waals surface area contributed by atoms with Crippen LogP contribution in [-0.2, 0) is 32.4 Å². The molecule has 2 fully saturated rings. The third kappa shape index (κ3) is 3.03. The van der Waals surface area contributed by atoms with E-state index in [1.165, 1.54) is 0 Å². The molecule has 0 N–H and O–H groups in total. The summed E-state index contributed by atoms with van der Waals surface area (Å²) in [4.78, 5) is 0. The van der Waals surface area contributed by atoms with Crippen molar-refractivity contribution >= 4 is 17.9 Å². The summed E-state index contributed by atoms with van der Waals surface area (Å²) in [7, 11) is -7.14. The maximum atomic E-state index is 11.8. The first kappa shape index (κ1) is 12.5. The molecule has 16 heavy (non-hydrogen) atoms. The Balaban J connectivity index is 1.93. The van der Waals surface area contributed by atoms with Gasteiger partial charge in [-0.15, -0.1) is 0 Å². The summed E-state index contributed by atoms with van der Waals surface area (Å²) in [6.45, 7) is 2.29. The van der Waals surface area contributed by atoms with Crippen LogP contribution in [0.5, 0.6) is 0 Å². The average molecular weight is 272 g/mol. The topological polar surface area (TPSA) is 88.1 Å². The van der Waals surface area contributed by atoms with Gasteiger partial charge in [-0.1, -0.05) is 6.92 Å². The largest absolute Gasteiger partial charge is 0.475 e. The lowest BCUT2D eigenvalue weighted by Gasteiger charge is -2.27. The zero-order valence-electron chi connectivity index (χ0n) is 8.70. The van der Waals surface area contributed by atoms with Gasteiger partial charge in [0.2, 0.25) is 0 Å². The Bertz CT molecular complexity index is 393. The van der Waals surface area contributed by atoms with Crippen LogP contribution in [0.15, 0.2) is 0 Å². The zero-order valence-corrected chi connectivity index (χ0v) is 10.4. The Kier molecular flexibility index (Phi) is 3.40. The number of hydrogen-bond donors (Lipinski definition) is 0. The molecule has 2 aliphatic rings. The van der Waals surface area contributed by atoms with Crippen LogP contribution in [0, 0.1) is 5.92 Å². The van der Waals surface area contributed by atoms with E-state index in [0.717, 1.165) is 0 Å². The summed E-state index contributed by atoms with van der Waals surface area (Å²) in [6, 6.07) is 0. The highest BCUT2D eigenvalue weighted by Crippen LogP contribution is 2.53. The standard InChI is InChI=1S/C7H13O7PS/c1-6-2-11-15(8,12-3-6)14-7-4-13-16(9,10)5-7/h6-7H,2-5H2,1H3. The van der Waals surface area contributed by atoms with Gasteiger partial charge in [-0.3, -0.25) is 17.8 Å². The second-order valence-electron chi connectivity index (χ2n) is 3.88. The fraction of sp³-hybridized carbons (Fsp3) is 1.00. The summed E-state index contributed by atoms with van der Waals surface area (Å²) in [5.41, 5.74) is 0. The number of rotatable bonds is 2. The van der Waals surface area contributed by atoms with E-state index in [1.54, 1.807) is 0 Å². The third-order valence-corrected chi connectivity index (χ3v) is 4.90. The average Bonchev–Trinajstić information content (AvgIpc) is 2.51. The summed E-state index contributed by atoms with van der Waals surface area (Å²) in [6.07, 6.45) is -0.788. The third-order valence-electron chi connectivity index (χ3n) is 2.14. The number of phosphoric acid groups is 1. The van der Waals surface area contributed by atoms with Crippen LogP contribution in [0.1, 0.15) is 6.92 Å². The molecule has 0 aromatic rings. The molecule has 94 valence electrons. The van der Waals surface area contributed by atoms with Gasteiger partial charge in [0.1, 0.15) is 11.9 Å². The molecule has 0 amide bonds. The van der Waals surface area contributed by atoms with Crippen molar-refractivity contribution in [3.05, 3.63) is 0 Å². The van der Waals surface area contributed by atoms with E-state index < -0.39 is 24.0 Å². The number of hydrogen-bond acceptors (Lipinski definition) is 7. The highest BCUT2D eigenvalue weighted by Gasteiger charge is 2.40. The van der Waals surface area contributed by atoms with Crippen molar-refractivity contribution in [3.8, 4) is 0 Å². The van der Waals surface area contributed by atoms with E-state index in [4.69, 9.17) is 13.6 Å². The van der Waals surface area contributed by atoms with E-state index in [-0.39, 0.29) is 31.5 Å². The highest BCUT2D eigenvalue weighted by atomic mass is 32.2. The zero-order chi connectivity index (χ0) is 11.8. The molecule has 9 heteroatoms. The maximum absolute atomic E-state index is 11.8. The Hall–Kier alpha value is 0.0200. The Morgan fingerprint density at radius 3 is 2.38 bits per heavy atom. The lowest BCUT2D eigenvalue weighted by Crippen LogP contribution is -2.23. The van der Waals surface area contributed by atoms with Crippen LogP contribution in [0.2, 0.25) is 0 Å². The molecule has 0 bridgehead atoms. The fourth-order valence-electron chi connectivity index (χ4n) is 1.33. The minimum absolute atomic E-state index is 0.144. The van der Waals surface area contributed by atoms with Crippen LogP contribution >= 0.6 is 7.82 Å². The van der Waals surface area contributed by atoms with Gasteiger partial charge in [0, 0.05) is 5.92 Å². The van der Waals surface area contributed by atoms with Gasteiger partial charge in [-0.05, 0) is 0 Å². The number of phosphoric ester groups is 1. The van der Waals surface area contributed by atoms with Crippen LogP contribution in [0.4, 0.5) is 0 Å². The van der Waals surface area contributed by atoms with Crippen molar-refractivity contribution in [3.63, 3.8) is 0 Å². The van der Waals surface area contributed by atoms with Gasteiger partial charge in [-0.25, -0.2) is 4.57 Å². The molecule has 0 aromatic heterocycles. The predicted octanol–water partition coefficient (Wildman–Crippen LogP) is 0.523. The SMILES string of the molecule is CC1COP(=O)(OC2COS(=O)(=O)C2)OC1. The fourth-order valence-corrected chi connectivity index (χ4v) is 4.08. The van der Waals surface area contributed by atoms with E-state index in [0.29, 0.717) is 0 Å². The van der Waals surface area contributed by atoms with Crippen molar-refractivity contribution in [2.24, 2.45) is 5.92 Å². The van der Waals surface area contributed by atoms with Crippen LogP contribution in [0.3, 0.4) is 0 Å². The van der Waals surface area contributed by atoms with E-state index >= 15 is 0 Å².